The summed E-state index contributed by atoms with van der Waals surface area (Å²) in [5.74, 6) is 1.05. The summed E-state index contributed by atoms with van der Waals surface area (Å²) in [7, 11) is -2.33. The molecule has 0 atom stereocenters. The number of rotatable bonds is 8. The summed E-state index contributed by atoms with van der Waals surface area (Å²) in [6.07, 6.45) is 2.60. The van der Waals surface area contributed by atoms with Crippen LogP contribution in [0.5, 0.6) is 17.4 Å². The van der Waals surface area contributed by atoms with E-state index in [9.17, 15) is 8.42 Å². The summed E-state index contributed by atoms with van der Waals surface area (Å²) < 4.78 is 41.7. The first-order chi connectivity index (χ1) is 16.6. The van der Waals surface area contributed by atoms with Crippen molar-refractivity contribution in [2.45, 2.75) is 38.7 Å². The summed E-state index contributed by atoms with van der Waals surface area (Å²) >= 11 is 0. The Morgan fingerprint density at radius 1 is 0.971 bits per heavy atom. The van der Waals surface area contributed by atoms with E-state index in [1.165, 1.54) is 17.1 Å². The predicted octanol–water partition coefficient (Wildman–Crippen LogP) is 4.87. The second-order valence-corrected chi connectivity index (χ2v) is 10.0. The molecule has 2 aromatic heterocycles. The lowest BCUT2D eigenvalue weighted by Crippen LogP contribution is -2.15. The summed E-state index contributed by atoms with van der Waals surface area (Å²) in [5.41, 5.74) is 3.36. The van der Waals surface area contributed by atoms with Crippen LogP contribution in [-0.2, 0) is 17.1 Å². The Kier molecular flexibility index (Phi) is 6.74. The molecule has 0 radical (unpaired) electrons. The fourth-order valence-corrected chi connectivity index (χ4v) is 4.51. The number of nitrogens with zero attached hydrogens (tertiary/aromatic N) is 4. The van der Waals surface area contributed by atoms with Crippen LogP contribution in [0.1, 0.15) is 25.0 Å². The van der Waals surface area contributed by atoms with Crippen molar-refractivity contribution >= 4 is 16.0 Å². The Morgan fingerprint density at radius 3 is 2.29 bits per heavy atom. The number of aromatic nitrogens is 4. The number of hydrogen-bond donors (Lipinski definition) is 1. The second-order valence-electron chi connectivity index (χ2n) is 8.35. The van der Waals surface area contributed by atoms with E-state index in [1.807, 2.05) is 58.0 Å². The number of nitrogens with one attached hydrogen (secondary N) is 1. The van der Waals surface area contributed by atoms with E-state index in [1.54, 1.807) is 25.2 Å². The number of sulfonamides is 1. The van der Waals surface area contributed by atoms with E-state index < -0.39 is 10.0 Å². The van der Waals surface area contributed by atoms with Gasteiger partial charge in [-0.3, -0.25) is 4.68 Å². The van der Waals surface area contributed by atoms with Gasteiger partial charge in [0.15, 0.2) is 11.5 Å². The van der Waals surface area contributed by atoms with Crippen molar-refractivity contribution < 1.29 is 17.9 Å². The third-order valence-electron chi connectivity index (χ3n) is 5.08. The molecule has 4 rings (SSSR count). The van der Waals surface area contributed by atoms with Crippen LogP contribution in [-0.4, -0.2) is 34.3 Å². The topological polar surface area (TPSA) is 108 Å². The standard InChI is InChI=1S/C25H27N5O4S/c1-16(2)33-21-11-6-7-12-22(21)34-23-13-20(24-17(3)9-8-10-18(24)4)27-25(28-23)29-35(31,32)19-14-26-30(5)15-19/h6-16H,1-5H3,(H,27,28,29). The van der Waals surface area contributed by atoms with Gasteiger partial charge in [0, 0.05) is 24.9 Å². The van der Waals surface area contributed by atoms with Crippen LogP contribution < -0.4 is 14.2 Å². The normalized spacial score (nSPS) is 11.5. The third-order valence-corrected chi connectivity index (χ3v) is 6.37. The number of ether oxygens (including phenoxy) is 2. The minimum Gasteiger partial charge on any atom is -0.487 e. The van der Waals surface area contributed by atoms with E-state index in [-0.39, 0.29) is 22.8 Å². The van der Waals surface area contributed by atoms with Gasteiger partial charge in [-0.1, -0.05) is 30.3 Å². The van der Waals surface area contributed by atoms with Crippen LogP contribution in [0.3, 0.4) is 0 Å². The van der Waals surface area contributed by atoms with Crippen LogP contribution in [0.25, 0.3) is 11.3 Å². The molecule has 0 saturated carbocycles. The lowest BCUT2D eigenvalue weighted by Gasteiger charge is -2.16. The van der Waals surface area contributed by atoms with Crippen LogP contribution >= 0.6 is 0 Å². The highest BCUT2D eigenvalue weighted by Gasteiger charge is 2.20. The zero-order valence-corrected chi connectivity index (χ0v) is 21.0. The molecule has 182 valence electrons. The van der Waals surface area contributed by atoms with Gasteiger partial charge in [-0.05, 0) is 51.0 Å². The Morgan fingerprint density at radius 2 is 1.66 bits per heavy atom. The quantitative estimate of drug-likeness (QED) is 0.373. The Hall–Kier alpha value is -3.92. The Labute approximate surface area is 204 Å². The molecule has 2 aromatic carbocycles. The van der Waals surface area contributed by atoms with Crippen molar-refractivity contribution in [2.75, 3.05) is 4.72 Å². The summed E-state index contributed by atoms with van der Waals surface area (Å²) in [6, 6.07) is 14.8. The highest BCUT2D eigenvalue weighted by molar-refractivity contribution is 7.92. The lowest BCUT2D eigenvalue weighted by atomic mass is 10.00. The number of hydrogen-bond acceptors (Lipinski definition) is 7. The fourth-order valence-electron chi connectivity index (χ4n) is 3.58. The SMILES string of the molecule is Cc1cccc(C)c1-c1cc(Oc2ccccc2OC(C)C)nc(NS(=O)(=O)c2cnn(C)c2)n1. The molecule has 0 aliphatic heterocycles. The maximum atomic E-state index is 12.9. The number of benzene rings is 2. The summed E-state index contributed by atoms with van der Waals surface area (Å²) in [4.78, 5) is 8.86. The van der Waals surface area contributed by atoms with Crippen molar-refractivity contribution in [2.24, 2.45) is 7.05 Å². The molecule has 0 fully saturated rings. The van der Waals surface area contributed by atoms with Crippen molar-refractivity contribution in [3.8, 4) is 28.6 Å². The highest BCUT2D eigenvalue weighted by Crippen LogP contribution is 2.34. The van der Waals surface area contributed by atoms with Gasteiger partial charge in [0.05, 0.1) is 18.0 Å². The van der Waals surface area contributed by atoms with Crippen molar-refractivity contribution in [3.05, 3.63) is 72.1 Å². The smallest absolute Gasteiger partial charge is 0.267 e. The molecule has 0 aliphatic carbocycles. The monoisotopic (exact) mass is 493 g/mol. The predicted molar refractivity (Wildman–Crippen MR) is 133 cm³/mol. The number of aryl methyl sites for hydroxylation is 3. The first kappa shape index (κ1) is 24.2. The molecule has 0 unspecified atom stereocenters. The van der Waals surface area contributed by atoms with E-state index in [0.29, 0.717) is 17.2 Å². The molecule has 10 heteroatoms. The minimum atomic E-state index is -3.96. The largest absolute Gasteiger partial charge is 0.487 e. The molecule has 4 aromatic rings. The van der Waals surface area contributed by atoms with E-state index in [0.717, 1.165) is 16.7 Å². The molecule has 0 aliphatic rings. The average molecular weight is 494 g/mol. The third kappa shape index (κ3) is 5.60. The lowest BCUT2D eigenvalue weighted by molar-refractivity contribution is 0.233. The molecule has 35 heavy (non-hydrogen) atoms. The molecular formula is C25H27N5O4S. The number of anilines is 1. The molecule has 1 N–H and O–H groups in total. The first-order valence-corrected chi connectivity index (χ1v) is 12.5. The molecular weight excluding hydrogens is 466 g/mol. The van der Waals surface area contributed by atoms with E-state index >= 15 is 0 Å². The van der Waals surface area contributed by atoms with Crippen LogP contribution in [0.4, 0.5) is 5.95 Å². The van der Waals surface area contributed by atoms with E-state index in [2.05, 4.69) is 19.8 Å². The maximum Gasteiger partial charge on any atom is 0.267 e. The second kappa shape index (κ2) is 9.75. The Balaban J connectivity index is 1.80. The van der Waals surface area contributed by atoms with Gasteiger partial charge in [-0.2, -0.15) is 10.1 Å². The summed E-state index contributed by atoms with van der Waals surface area (Å²) in [5, 5.41) is 3.94. The molecule has 0 saturated heterocycles. The maximum absolute atomic E-state index is 12.9. The van der Waals surface area contributed by atoms with Crippen LogP contribution in [0.15, 0.2) is 65.8 Å². The average Bonchev–Trinajstić information content (AvgIpc) is 3.22. The van der Waals surface area contributed by atoms with Gasteiger partial charge in [0.2, 0.25) is 11.8 Å². The van der Waals surface area contributed by atoms with E-state index in [4.69, 9.17) is 9.47 Å². The highest BCUT2D eigenvalue weighted by atomic mass is 32.2. The van der Waals surface area contributed by atoms with Gasteiger partial charge in [-0.15, -0.1) is 0 Å². The van der Waals surface area contributed by atoms with Gasteiger partial charge >= 0.3 is 0 Å². The minimum absolute atomic E-state index is 0.000720. The van der Waals surface area contributed by atoms with Gasteiger partial charge in [0.1, 0.15) is 4.90 Å². The Bertz CT molecular complexity index is 1440. The van der Waals surface area contributed by atoms with Crippen LogP contribution in [0, 0.1) is 13.8 Å². The molecule has 0 amide bonds. The van der Waals surface area contributed by atoms with Crippen molar-refractivity contribution in [1.82, 2.24) is 19.7 Å². The summed E-state index contributed by atoms with van der Waals surface area (Å²) in [6.45, 7) is 7.78. The molecule has 2 heterocycles. The van der Waals surface area contributed by atoms with Crippen molar-refractivity contribution in [1.29, 1.82) is 0 Å². The fraction of sp³-hybridized carbons (Fsp3) is 0.240. The first-order valence-electron chi connectivity index (χ1n) is 11.0. The number of para-hydroxylation sites is 2. The van der Waals surface area contributed by atoms with Crippen LogP contribution in [0.2, 0.25) is 0 Å². The van der Waals surface area contributed by atoms with Gasteiger partial charge < -0.3 is 9.47 Å². The van der Waals surface area contributed by atoms with Gasteiger partial charge in [0.25, 0.3) is 10.0 Å². The van der Waals surface area contributed by atoms with Crippen molar-refractivity contribution in [3.63, 3.8) is 0 Å². The zero-order valence-electron chi connectivity index (χ0n) is 20.2. The molecule has 0 spiro atoms. The van der Waals surface area contributed by atoms with Gasteiger partial charge in [-0.25, -0.2) is 18.1 Å². The molecule has 0 bridgehead atoms. The zero-order chi connectivity index (χ0) is 25.2. The molecule has 9 nitrogen and oxygen atoms in total.